The van der Waals surface area contributed by atoms with Gasteiger partial charge in [-0.2, -0.15) is 0 Å². The molecule has 1 unspecified atom stereocenters. The number of carbonyl (C=O) groups excluding carboxylic acids is 1. The summed E-state index contributed by atoms with van der Waals surface area (Å²) in [6, 6.07) is 11.3. The van der Waals surface area contributed by atoms with E-state index in [9.17, 15) is 18.0 Å². The highest BCUT2D eigenvalue weighted by atomic mass is 32.2. The minimum atomic E-state index is -3.57. The molecule has 4 rings (SSSR count). The Morgan fingerprint density at radius 2 is 1.76 bits per heavy atom. The number of carbonyl (C=O) groups is 1. The molecule has 8 nitrogen and oxygen atoms in total. The molecule has 0 saturated carbocycles. The summed E-state index contributed by atoms with van der Waals surface area (Å²) in [6.07, 6.45) is 1.80. The summed E-state index contributed by atoms with van der Waals surface area (Å²) in [6.45, 7) is 7.90. The first-order chi connectivity index (χ1) is 17.4. The minimum Gasteiger partial charge on any atom is -0.324 e. The fourth-order valence-electron chi connectivity index (χ4n) is 4.24. The molecule has 10 heteroatoms. The lowest BCUT2D eigenvalue weighted by atomic mass is 9.99. The third-order valence-electron chi connectivity index (χ3n) is 6.53. The lowest BCUT2D eigenvalue weighted by Gasteiger charge is -2.18. The molecule has 4 aromatic rings. The number of sulfonamides is 1. The van der Waals surface area contributed by atoms with Crippen LogP contribution in [0.2, 0.25) is 0 Å². The standard InChI is InChI=1S/C27H30N4O4S2/c1-7-22(25(32)29-20-10-12-21(13-11-20)37(34,35)30(5)6)31-15-28-26-24(27(31)33)23(18(4)36-26)19-9-8-16(2)17(3)14-19/h8-15,22H,7H2,1-6H3,(H,29,32). The Balaban J connectivity index is 1.70. The van der Waals surface area contributed by atoms with Crippen LogP contribution in [0.5, 0.6) is 0 Å². The Morgan fingerprint density at radius 3 is 2.35 bits per heavy atom. The highest BCUT2D eigenvalue weighted by molar-refractivity contribution is 7.89. The Hall–Kier alpha value is -3.34. The second-order valence-electron chi connectivity index (χ2n) is 9.19. The van der Waals surface area contributed by atoms with Crippen molar-refractivity contribution < 1.29 is 13.2 Å². The molecular weight excluding hydrogens is 508 g/mol. The lowest BCUT2D eigenvalue weighted by Crippen LogP contribution is -2.33. The van der Waals surface area contributed by atoms with E-state index in [-0.39, 0.29) is 16.4 Å². The van der Waals surface area contributed by atoms with E-state index < -0.39 is 16.1 Å². The van der Waals surface area contributed by atoms with Gasteiger partial charge in [-0.15, -0.1) is 11.3 Å². The van der Waals surface area contributed by atoms with Gasteiger partial charge in [0.2, 0.25) is 15.9 Å². The van der Waals surface area contributed by atoms with Gasteiger partial charge in [-0.25, -0.2) is 17.7 Å². The minimum absolute atomic E-state index is 0.125. The first kappa shape index (κ1) is 26.7. The van der Waals surface area contributed by atoms with Crippen molar-refractivity contribution in [2.24, 2.45) is 0 Å². The summed E-state index contributed by atoms with van der Waals surface area (Å²) in [5.41, 5.74) is 4.28. The van der Waals surface area contributed by atoms with Crippen LogP contribution in [0.25, 0.3) is 21.3 Å². The number of thiophene rings is 1. The predicted molar refractivity (Wildman–Crippen MR) is 149 cm³/mol. The fourth-order valence-corrected chi connectivity index (χ4v) is 6.14. The van der Waals surface area contributed by atoms with Gasteiger partial charge in [-0.3, -0.25) is 14.2 Å². The van der Waals surface area contributed by atoms with E-state index in [4.69, 9.17) is 0 Å². The van der Waals surface area contributed by atoms with Gasteiger partial charge in [0.25, 0.3) is 5.56 Å². The molecule has 1 amide bonds. The third-order valence-corrected chi connectivity index (χ3v) is 9.38. The first-order valence-electron chi connectivity index (χ1n) is 11.9. The molecule has 194 valence electrons. The molecule has 0 aliphatic rings. The van der Waals surface area contributed by atoms with Crippen LogP contribution in [0.15, 0.2) is 58.5 Å². The van der Waals surface area contributed by atoms with Crippen molar-refractivity contribution in [2.75, 3.05) is 19.4 Å². The number of aryl methyl sites for hydroxylation is 3. The van der Waals surface area contributed by atoms with Crippen molar-refractivity contribution in [3.05, 3.63) is 75.1 Å². The molecule has 0 aliphatic carbocycles. The van der Waals surface area contributed by atoms with Crippen LogP contribution in [-0.2, 0) is 14.8 Å². The molecule has 0 radical (unpaired) electrons. The van der Waals surface area contributed by atoms with Crippen molar-refractivity contribution in [1.82, 2.24) is 13.9 Å². The number of amides is 1. The Labute approximate surface area is 220 Å². The molecule has 0 bridgehead atoms. The molecule has 1 N–H and O–H groups in total. The number of hydrogen-bond acceptors (Lipinski definition) is 6. The lowest BCUT2D eigenvalue weighted by molar-refractivity contribution is -0.119. The van der Waals surface area contributed by atoms with Gasteiger partial charge in [-0.05, 0) is 68.1 Å². The van der Waals surface area contributed by atoms with Gasteiger partial charge in [0.05, 0.1) is 16.6 Å². The molecule has 2 heterocycles. The summed E-state index contributed by atoms with van der Waals surface area (Å²) in [5, 5.41) is 3.32. The van der Waals surface area contributed by atoms with Gasteiger partial charge < -0.3 is 5.32 Å². The van der Waals surface area contributed by atoms with E-state index >= 15 is 0 Å². The number of hydrogen-bond donors (Lipinski definition) is 1. The number of aromatic nitrogens is 2. The number of fused-ring (bicyclic) bond motifs is 1. The summed E-state index contributed by atoms with van der Waals surface area (Å²) in [7, 11) is -0.659. The second-order valence-corrected chi connectivity index (χ2v) is 12.5. The number of nitrogens with one attached hydrogen (secondary N) is 1. The van der Waals surface area contributed by atoms with Crippen molar-refractivity contribution in [3.63, 3.8) is 0 Å². The number of benzene rings is 2. The SMILES string of the molecule is CCC(C(=O)Nc1ccc(S(=O)(=O)N(C)C)cc1)n1cnc2sc(C)c(-c3ccc(C)c(C)c3)c2c1=O. The summed E-state index contributed by atoms with van der Waals surface area (Å²) in [4.78, 5) is 33.3. The van der Waals surface area contributed by atoms with Crippen molar-refractivity contribution in [2.45, 2.75) is 45.1 Å². The zero-order valence-electron chi connectivity index (χ0n) is 21.7. The maximum absolute atomic E-state index is 13.7. The van der Waals surface area contributed by atoms with Gasteiger partial charge in [-0.1, -0.05) is 25.1 Å². The van der Waals surface area contributed by atoms with Crippen molar-refractivity contribution >= 4 is 43.2 Å². The Bertz CT molecular complexity index is 1650. The van der Waals surface area contributed by atoms with E-state index in [1.165, 1.54) is 66.2 Å². The van der Waals surface area contributed by atoms with E-state index in [2.05, 4.69) is 16.4 Å². The average molecular weight is 539 g/mol. The largest absolute Gasteiger partial charge is 0.324 e. The van der Waals surface area contributed by atoms with Crippen LogP contribution < -0.4 is 10.9 Å². The highest BCUT2D eigenvalue weighted by Crippen LogP contribution is 2.36. The van der Waals surface area contributed by atoms with E-state index in [1.807, 2.05) is 39.8 Å². The molecule has 0 aliphatic heterocycles. The van der Waals surface area contributed by atoms with Crippen LogP contribution >= 0.6 is 11.3 Å². The average Bonchev–Trinajstić information content (AvgIpc) is 3.19. The molecule has 0 spiro atoms. The topological polar surface area (TPSA) is 101 Å². The van der Waals surface area contributed by atoms with Crippen molar-refractivity contribution in [1.29, 1.82) is 0 Å². The van der Waals surface area contributed by atoms with Gasteiger partial charge in [0.1, 0.15) is 10.9 Å². The number of anilines is 1. The Kier molecular flexibility index (Phi) is 7.36. The zero-order valence-corrected chi connectivity index (χ0v) is 23.3. The van der Waals surface area contributed by atoms with Crippen molar-refractivity contribution in [3.8, 4) is 11.1 Å². The van der Waals surface area contributed by atoms with Crippen LogP contribution in [-0.4, -0.2) is 42.3 Å². The molecular formula is C27H30N4O4S2. The van der Waals surface area contributed by atoms with E-state index in [0.29, 0.717) is 22.3 Å². The van der Waals surface area contributed by atoms with E-state index in [1.54, 1.807) is 0 Å². The summed E-state index contributed by atoms with van der Waals surface area (Å²) >= 11 is 1.46. The predicted octanol–water partition coefficient (Wildman–Crippen LogP) is 4.89. The third kappa shape index (κ3) is 4.96. The Morgan fingerprint density at radius 1 is 1.08 bits per heavy atom. The summed E-state index contributed by atoms with van der Waals surface area (Å²) in [5.74, 6) is -0.381. The molecule has 0 fully saturated rings. The smallest absolute Gasteiger partial charge is 0.263 e. The van der Waals surface area contributed by atoms with E-state index in [0.717, 1.165) is 25.9 Å². The maximum atomic E-state index is 13.7. The fraction of sp³-hybridized carbons (Fsp3) is 0.296. The molecule has 2 aromatic heterocycles. The first-order valence-corrected chi connectivity index (χ1v) is 14.1. The number of rotatable bonds is 7. The van der Waals surface area contributed by atoms with Gasteiger partial charge in [0.15, 0.2) is 0 Å². The molecule has 1 atom stereocenters. The quantitative estimate of drug-likeness (QED) is 0.361. The molecule has 0 saturated heterocycles. The van der Waals surface area contributed by atoms with Crippen LogP contribution in [0.3, 0.4) is 0 Å². The van der Waals surface area contributed by atoms with Crippen LogP contribution in [0.1, 0.15) is 35.4 Å². The maximum Gasteiger partial charge on any atom is 0.263 e. The zero-order chi connectivity index (χ0) is 27.1. The van der Waals surface area contributed by atoms with Gasteiger partial charge >= 0.3 is 0 Å². The second kappa shape index (κ2) is 10.2. The normalized spacial score (nSPS) is 12.7. The van der Waals surface area contributed by atoms with Gasteiger partial charge in [0, 0.05) is 30.2 Å². The van der Waals surface area contributed by atoms with Crippen LogP contribution in [0.4, 0.5) is 5.69 Å². The molecule has 37 heavy (non-hydrogen) atoms. The highest BCUT2D eigenvalue weighted by Gasteiger charge is 2.24. The number of nitrogens with zero attached hydrogens (tertiary/aromatic N) is 3. The molecule has 2 aromatic carbocycles. The monoisotopic (exact) mass is 538 g/mol. The van der Waals surface area contributed by atoms with Crippen LogP contribution in [0, 0.1) is 20.8 Å². The summed E-state index contributed by atoms with van der Waals surface area (Å²) < 4.78 is 27.1.